The smallest absolute Gasteiger partial charge is 0.271 e. The molecule has 1 heterocycles. The number of halogens is 1. The Morgan fingerprint density at radius 1 is 0.971 bits per heavy atom. The molecule has 0 unspecified atom stereocenters. The summed E-state index contributed by atoms with van der Waals surface area (Å²) in [6.07, 6.45) is 3.57. The first-order valence-electron chi connectivity index (χ1n) is 11.6. The highest BCUT2D eigenvalue weighted by atomic mass is 35.5. The molecule has 0 radical (unpaired) electrons. The Morgan fingerprint density at radius 2 is 1.60 bits per heavy atom. The third kappa shape index (κ3) is 7.44. The number of hydrogen-bond acceptors (Lipinski definition) is 6. The van der Waals surface area contributed by atoms with Crippen LogP contribution >= 0.6 is 22.9 Å². The molecule has 2 N–H and O–H groups in total. The van der Waals surface area contributed by atoms with Crippen molar-refractivity contribution >= 4 is 34.8 Å². The van der Waals surface area contributed by atoms with Crippen molar-refractivity contribution in [2.45, 2.75) is 51.3 Å². The summed E-state index contributed by atoms with van der Waals surface area (Å²) in [7, 11) is 0. The number of rotatable bonds is 9. The number of thiazole rings is 1. The summed E-state index contributed by atoms with van der Waals surface area (Å²) in [6, 6.07) is 14.3. The predicted molar refractivity (Wildman–Crippen MR) is 136 cm³/mol. The number of carbonyl (C=O) groups is 2. The van der Waals surface area contributed by atoms with Crippen LogP contribution in [0.25, 0.3) is 0 Å². The van der Waals surface area contributed by atoms with Crippen molar-refractivity contribution < 1.29 is 19.1 Å². The Labute approximate surface area is 213 Å². The van der Waals surface area contributed by atoms with E-state index in [1.54, 1.807) is 29.6 Å². The molecule has 1 aromatic heterocycles. The van der Waals surface area contributed by atoms with E-state index >= 15 is 0 Å². The lowest BCUT2D eigenvalue weighted by molar-refractivity contribution is -0.124. The van der Waals surface area contributed by atoms with Crippen LogP contribution in [0, 0.1) is 6.92 Å². The lowest BCUT2D eigenvalue weighted by atomic mass is 9.90. The molecule has 1 aliphatic carbocycles. The molecule has 0 spiro atoms. The highest BCUT2D eigenvalue weighted by molar-refractivity contribution is 7.09. The largest absolute Gasteiger partial charge is 0.486 e. The van der Waals surface area contributed by atoms with Gasteiger partial charge in [0.2, 0.25) is 0 Å². The van der Waals surface area contributed by atoms with Gasteiger partial charge in [0.1, 0.15) is 28.8 Å². The molecule has 4 rings (SSSR count). The van der Waals surface area contributed by atoms with Gasteiger partial charge in [0.05, 0.1) is 0 Å². The zero-order chi connectivity index (χ0) is 24.6. The first kappa shape index (κ1) is 25.0. The van der Waals surface area contributed by atoms with Crippen molar-refractivity contribution in [2.75, 3.05) is 6.61 Å². The zero-order valence-corrected chi connectivity index (χ0v) is 21.0. The fourth-order valence-electron chi connectivity index (χ4n) is 3.91. The van der Waals surface area contributed by atoms with Crippen LogP contribution < -0.4 is 20.1 Å². The van der Waals surface area contributed by atoms with Gasteiger partial charge in [-0.1, -0.05) is 42.1 Å². The maximum absolute atomic E-state index is 12.9. The van der Waals surface area contributed by atoms with Gasteiger partial charge in [0.25, 0.3) is 11.8 Å². The first-order chi connectivity index (χ1) is 17.0. The van der Waals surface area contributed by atoms with Crippen LogP contribution in [0.1, 0.15) is 46.7 Å². The molecule has 0 saturated heterocycles. The van der Waals surface area contributed by atoms with E-state index in [1.807, 2.05) is 31.2 Å². The fourth-order valence-corrected chi connectivity index (χ4v) is 4.72. The van der Waals surface area contributed by atoms with Crippen molar-refractivity contribution in [3.8, 4) is 11.5 Å². The highest BCUT2D eigenvalue weighted by Crippen LogP contribution is 2.21. The Balaban J connectivity index is 1.27. The van der Waals surface area contributed by atoms with E-state index in [2.05, 4.69) is 15.6 Å². The van der Waals surface area contributed by atoms with E-state index in [4.69, 9.17) is 21.1 Å². The molecule has 2 amide bonds. The second-order valence-corrected chi connectivity index (χ2v) is 9.89. The van der Waals surface area contributed by atoms with Crippen LogP contribution in [0.2, 0.25) is 5.02 Å². The van der Waals surface area contributed by atoms with Crippen molar-refractivity contribution in [2.24, 2.45) is 0 Å². The van der Waals surface area contributed by atoms with Crippen LogP contribution in [-0.2, 0) is 11.4 Å². The SMILES string of the molecule is Cc1ccc(OCc2nc(C(=O)N[C@@H]3CCCC[C@H]3NC(=O)COc3ccc(Cl)cc3)cs2)cc1. The van der Waals surface area contributed by atoms with Gasteiger partial charge in [-0.05, 0) is 56.2 Å². The van der Waals surface area contributed by atoms with Gasteiger partial charge in [0.15, 0.2) is 6.61 Å². The molecule has 1 fully saturated rings. The van der Waals surface area contributed by atoms with E-state index < -0.39 is 0 Å². The van der Waals surface area contributed by atoms with Crippen LogP contribution in [0.5, 0.6) is 11.5 Å². The van der Waals surface area contributed by atoms with Crippen LogP contribution in [-0.4, -0.2) is 35.5 Å². The van der Waals surface area contributed by atoms with Gasteiger partial charge in [-0.3, -0.25) is 9.59 Å². The number of benzene rings is 2. The minimum absolute atomic E-state index is 0.102. The number of ether oxygens (including phenoxy) is 2. The summed E-state index contributed by atoms with van der Waals surface area (Å²) in [5, 5.41) is 9.14. The van der Waals surface area contributed by atoms with Gasteiger partial charge in [-0.2, -0.15) is 0 Å². The van der Waals surface area contributed by atoms with E-state index in [-0.39, 0.29) is 30.5 Å². The third-order valence-electron chi connectivity index (χ3n) is 5.78. The molecule has 2 atom stereocenters. The third-order valence-corrected chi connectivity index (χ3v) is 6.85. The Bertz CT molecular complexity index is 1130. The number of nitrogens with zero attached hydrogens (tertiary/aromatic N) is 1. The zero-order valence-electron chi connectivity index (χ0n) is 19.5. The fraction of sp³-hybridized carbons (Fsp3) is 0.346. The minimum atomic E-state index is -0.244. The molecule has 35 heavy (non-hydrogen) atoms. The average molecular weight is 514 g/mol. The van der Waals surface area contributed by atoms with Crippen LogP contribution in [0.3, 0.4) is 0 Å². The van der Waals surface area contributed by atoms with Crippen LogP contribution in [0.15, 0.2) is 53.9 Å². The predicted octanol–water partition coefficient (Wildman–Crippen LogP) is 4.92. The molecule has 1 saturated carbocycles. The molecule has 1 aliphatic rings. The molecule has 3 aromatic rings. The van der Waals surface area contributed by atoms with Gasteiger partial charge in [0, 0.05) is 22.5 Å². The number of aryl methyl sites for hydroxylation is 1. The number of nitrogens with one attached hydrogen (secondary N) is 2. The van der Waals surface area contributed by atoms with Gasteiger partial charge in [-0.15, -0.1) is 11.3 Å². The van der Waals surface area contributed by atoms with Crippen molar-refractivity contribution in [3.63, 3.8) is 0 Å². The maximum Gasteiger partial charge on any atom is 0.271 e. The summed E-state index contributed by atoms with van der Waals surface area (Å²) < 4.78 is 11.3. The van der Waals surface area contributed by atoms with Gasteiger partial charge in [-0.25, -0.2) is 4.98 Å². The highest BCUT2D eigenvalue weighted by Gasteiger charge is 2.28. The monoisotopic (exact) mass is 513 g/mol. The Kier molecular flexibility index (Phi) is 8.60. The second-order valence-electron chi connectivity index (χ2n) is 8.51. The Morgan fingerprint density at radius 3 is 2.31 bits per heavy atom. The van der Waals surface area contributed by atoms with Gasteiger partial charge < -0.3 is 20.1 Å². The molecule has 7 nitrogen and oxygen atoms in total. The normalized spacial score (nSPS) is 17.4. The Hall–Kier alpha value is -3.10. The molecule has 2 aromatic carbocycles. The van der Waals surface area contributed by atoms with Crippen molar-refractivity contribution in [3.05, 3.63) is 75.2 Å². The van der Waals surface area contributed by atoms with Crippen molar-refractivity contribution in [1.29, 1.82) is 0 Å². The maximum atomic E-state index is 12.9. The second kappa shape index (κ2) is 12.0. The number of amides is 2. The molecule has 0 aliphatic heterocycles. The number of carbonyl (C=O) groups excluding carboxylic acids is 2. The average Bonchev–Trinajstić information content (AvgIpc) is 3.34. The van der Waals surface area contributed by atoms with E-state index in [9.17, 15) is 9.59 Å². The summed E-state index contributed by atoms with van der Waals surface area (Å²) in [5.74, 6) is 0.864. The molecular formula is C26H28ClN3O4S. The lowest BCUT2D eigenvalue weighted by Gasteiger charge is -2.32. The summed E-state index contributed by atoms with van der Waals surface area (Å²) in [6.45, 7) is 2.22. The minimum Gasteiger partial charge on any atom is -0.486 e. The van der Waals surface area contributed by atoms with Crippen LogP contribution in [0.4, 0.5) is 0 Å². The molecule has 9 heteroatoms. The van der Waals surface area contributed by atoms with E-state index in [0.717, 1.165) is 42.0 Å². The molecule has 0 bridgehead atoms. The van der Waals surface area contributed by atoms with Crippen molar-refractivity contribution in [1.82, 2.24) is 15.6 Å². The quantitative estimate of drug-likeness (QED) is 0.424. The van der Waals surface area contributed by atoms with Gasteiger partial charge >= 0.3 is 0 Å². The van der Waals surface area contributed by atoms with E-state index in [1.165, 1.54) is 11.3 Å². The topological polar surface area (TPSA) is 89.5 Å². The standard InChI is InChI=1S/C26H28ClN3O4S/c1-17-6-10-19(11-7-17)34-15-25-29-23(16-35-25)26(32)30-22-5-3-2-4-21(22)28-24(31)14-33-20-12-8-18(27)9-13-20/h6-13,16,21-22H,2-5,14-15H2,1H3,(H,28,31)(H,30,32)/t21-,22-/m1/s1. The lowest BCUT2D eigenvalue weighted by Crippen LogP contribution is -2.54. The van der Waals surface area contributed by atoms with E-state index in [0.29, 0.717) is 23.1 Å². The summed E-state index contributed by atoms with van der Waals surface area (Å²) in [5.41, 5.74) is 1.52. The number of aromatic nitrogens is 1. The first-order valence-corrected chi connectivity index (χ1v) is 12.8. The summed E-state index contributed by atoms with van der Waals surface area (Å²) >= 11 is 7.26. The summed E-state index contributed by atoms with van der Waals surface area (Å²) in [4.78, 5) is 29.7. The number of hydrogen-bond donors (Lipinski definition) is 2. The molecule has 184 valence electrons. The molecular weight excluding hydrogens is 486 g/mol.